The molecular formula is C17H25NO. The van der Waals surface area contributed by atoms with Crippen LogP contribution in [0.25, 0.3) is 0 Å². The maximum absolute atomic E-state index is 5.59. The first-order chi connectivity index (χ1) is 9.38. The molecule has 0 bridgehead atoms. The van der Waals surface area contributed by atoms with Gasteiger partial charge in [-0.25, -0.2) is 0 Å². The fourth-order valence-electron chi connectivity index (χ4n) is 3.46. The number of aryl methyl sites for hydroxylation is 2. The monoisotopic (exact) mass is 259 g/mol. The molecule has 1 aromatic carbocycles. The Bertz CT molecular complexity index is 423. The number of hydrogen-bond donors (Lipinski definition) is 1. The molecule has 1 N–H and O–H groups in total. The van der Waals surface area contributed by atoms with Crippen molar-refractivity contribution in [3.63, 3.8) is 0 Å². The van der Waals surface area contributed by atoms with E-state index in [9.17, 15) is 0 Å². The molecule has 0 aromatic heterocycles. The highest BCUT2D eigenvalue weighted by atomic mass is 16.5. The molecule has 2 heteroatoms. The summed E-state index contributed by atoms with van der Waals surface area (Å²) in [7, 11) is 0. The smallest absolute Gasteiger partial charge is 0.0513 e. The molecule has 2 atom stereocenters. The van der Waals surface area contributed by atoms with Gasteiger partial charge in [-0.2, -0.15) is 0 Å². The first-order valence-corrected chi connectivity index (χ1v) is 7.81. The van der Waals surface area contributed by atoms with Crippen LogP contribution in [0.15, 0.2) is 18.2 Å². The molecular weight excluding hydrogens is 234 g/mol. The van der Waals surface area contributed by atoms with E-state index >= 15 is 0 Å². The predicted octanol–water partition coefficient (Wildman–Crippen LogP) is 3.25. The van der Waals surface area contributed by atoms with Gasteiger partial charge in [0.1, 0.15) is 0 Å². The molecule has 2 aliphatic rings. The molecule has 3 rings (SSSR count). The summed E-state index contributed by atoms with van der Waals surface area (Å²) in [5, 5.41) is 3.74. The van der Waals surface area contributed by atoms with Crippen LogP contribution in [0, 0.1) is 5.92 Å². The minimum Gasteiger partial charge on any atom is -0.381 e. The van der Waals surface area contributed by atoms with Crippen molar-refractivity contribution in [3.05, 3.63) is 34.9 Å². The highest BCUT2D eigenvalue weighted by Crippen LogP contribution is 2.32. The number of ether oxygens (including phenoxy) is 1. The second-order valence-corrected chi connectivity index (χ2v) is 5.94. The first-order valence-electron chi connectivity index (χ1n) is 7.81. The Morgan fingerprint density at radius 2 is 2.21 bits per heavy atom. The minimum absolute atomic E-state index is 0.480. The SMILES string of the molecule is CCCNC(c1ccc2c(c1)CCC2)C1CCOC1. The van der Waals surface area contributed by atoms with E-state index in [4.69, 9.17) is 4.74 Å². The molecule has 2 unspecified atom stereocenters. The van der Waals surface area contributed by atoms with E-state index in [1.807, 2.05) is 0 Å². The van der Waals surface area contributed by atoms with Gasteiger partial charge in [-0.3, -0.25) is 0 Å². The van der Waals surface area contributed by atoms with E-state index in [0.29, 0.717) is 12.0 Å². The average Bonchev–Trinajstić information content (AvgIpc) is 3.09. The second kappa shape index (κ2) is 6.06. The molecule has 1 aliphatic heterocycles. The maximum atomic E-state index is 5.59. The van der Waals surface area contributed by atoms with E-state index in [1.54, 1.807) is 11.1 Å². The Labute approximate surface area is 116 Å². The van der Waals surface area contributed by atoms with Crippen LogP contribution in [0.2, 0.25) is 0 Å². The quantitative estimate of drug-likeness (QED) is 0.876. The molecule has 1 aromatic rings. The number of benzene rings is 1. The van der Waals surface area contributed by atoms with Crippen LogP contribution in [0.4, 0.5) is 0 Å². The van der Waals surface area contributed by atoms with Crippen LogP contribution < -0.4 is 5.32 Å². The molecule has 19 heavy (non-hydrogen) atoms. The topological polar surface area (TPSA) is 21.3 Å². The first kappa shape index (κ1) is 13.1. The number of nitrogens with one attached hydrogen (secondary N) is 1. The largest absolute Gasteiger partial charge is 0.381 e. The second-order valence-electron chi connectivity index (χ2n) is 5.94. The molecule has 1 saturated heterocycles. The number of fused-ring (bicyclic) bond motifs is 1. The number of rotatable bonds is 5. The molecule has 104 valence electrons. The van der Waals surface area contributed by atoms with Crippen LogP contribution in [0.3, 0.4) is 0 Å². The van der Waals surface area contributed by atoms with E-state index in [1.165, 1.54) is 37.7 Å². The zero-order valence-corrected chi connectivity index (χ0v) is 12.0. The summed E-state index contributed by atoms with van der Waals surface area (Å²) in [6, 6.07) is 7.63. The van der Waals surface area contributed by atoms with Crippen LogP contribution in [0.1, 0.15) is 48.9 Å². The zero-order valence-electron chi connectivity index (χ0n) is 12.0. The Morgan fingerprint density at radius 3 is 3.00 bits per heavy atom. The molecule has 1 aliphatic carbocycles. The third-order valence-corrected chi connectivity index (χ3v) is 4.53. The van der Waals surface area contributed by atoms with Crippen LogP contribution in [-0.2, 0) is 17.6 Å². The van der Waals surface area contributed by atoms with Gasteiger partial charge in [0.05, 0.1) is 6.61 Å². The highest BCUT2D eigenvalue weighted by Gasteiger charge is 2.27. The third kappa shape index (κ3) is 2.85. The van der Waals surface area contributed by atoms with Crippen molar-refractivity contribution < 1.29 is 4.74 Å². The molecule has 1 fully saturated rings. The normalized spacial score (nSPS) is 23.5. The van der Waals surface area contributed by atoms with E-state index in [-0.39, 0.29) is 0 Å². The van der Waals surface area contributed by atoms with Crippen molar-refractivity contribution in [1.82, 2.24) is 5.32 Å². The Balaban J connectivity index is 1.81. The predicted molar refractivity (Wildman–Crippen MR) is 78.4 cm³/mol. The van der Waals surface area contributed by atoms with Crippen LogP contribution >= 0.6 is 0 Å². The van der Waals surface area contributed by atoms with Gasteiger partial charge in [-0.05, 0) is 55.3 Å². The van der Waals surface area contributed by atoms with Crippen LogP contribution in [-0.4, -0.2) is 19.8 Å². The van der Waals surface area contributed by atoms with Crippen molar-refractivity contribution in [1.29, 1.82) is 0 Å². The lowest BCUT2D eigenvalue weighted by Crippen LogP contribution is -2.29. The van der Waals surface area contributed by atoms with Gasteiger partial charge in [0.2, 0.25) is 0 Å². The van der Waals surface area contributed by atoms with Gasteiger partial charge in [0.15, 0.2) is 0 Å². The molecule has 0 saturated carbocycles. The summed E-state index contributed by atoms with van der Waals surface area (Å²) < 4.78 is 5.59. The summed E-state index contributed by atoms with van der Waals surface area (Å²) in [6.45, 7) is 5.18. The van der Waals surface area contributed by atoms with Gasteiger partial charge >= 0.3 is 0 Å². The molecule has 1 heterocycles. The minimum atomic E-state index is 0.480. The van der Waals surface area contributed by atoms with Crippen molar-refractivity contribution in [2.24, 2.45) is 5.92 Å². The third-order valence-electron chi connectivity index (χ3n) is 4.53. The van der Waals surface area contributed by atoms with Crippen molar-refractivity contribution in [2.45, 2.75) is 45.1 Å². The van der Waals surface area contributed by atoms with Gasteiger partial charge in [0.25, 0.3) is 0 Å². The van der Waals surface area contributed by atoms with E-state index in [0.717, 1.165) is 19.8 Å². The van der Waals surface area contributed by atoms with Gasteiger partial charge in [-0.15, -0.1) is 0 Å². The lowest BCUT2D eigenvalue weighted by molar-refractivity contribution is 0.176. The summed E-state index contributed by atoms with van der Waals surface area (Å²) >= 11 is 0. The number of hydrogen-bond acceptors (Lipinski definition) is 2. The zero-order chi connectivity index (χ0) is 13.1. The lowest BCUT2D eigenvalue weighted by Gasteiger charge is -2.25. The highest BCUT2D eigenvalue weighted by molar-refractivity contribution is 5.36. The van der Waals surface area contributed by atoms with E-state index < -0.39 is 0 Å². The Morgan fingerprint density at radius 1 is 1.32 bits per heavy atom. The van der Waals surface area contributed by atoms with Gasteiger partial charge < -0.3 is 10.1 Å². The summed E-state index contributed by atoms with van der Waals surface area (Å²) in [5.41, 5.74) is 4.63. The standard InChI is InChI=1S/C17H25NO/c1-2-9-18-17(16-8-10-19-12-16)15-7-6-13-4-3-5-14(13)11-15/h6-7,11,16-18H,2-5,8-10,12H2,1H3. The van der Waals surface area contributed by atoms with Crippen molar-refractivity contribution in [2.75, 3.05) is 19.8 Å². The van der Waals surface area contributed by atoms with Gasteiger partial charge in [-0.1, -0.05) is 25.1 Å². The van der Waals surface area contributed by atoms with Gasteiger partial charge in [0, 0.05) is 18.6 Å². The molecule has 0 radical (unpaired) electrons. The Hall–Kier alpha value is -0.860. The average molecular weight is 259 g/mol. The van der Waals surface area contributed by atoms with Crippen LogP contribution in [0.5, 0.6) is 0 Å². The summed E-state index contributed by atoms with van der Waals surface area (Å²) in [5.74, 6) is 0.644. The van der Waals surface area contributed by atoms with Crippen molar-refractivity contribution >= 4 is 0 Å². The fourth-order valence-corrected chi connectivity index (χ4v) is 3.46. The van der Waals surface area contributed by atoms with Crippen molar-refractivity contribution in [3.8, 4) is 0 Å². The summed E-state index contributed by atoms with van der Waals surface area (Å²) in [6.07, 6.45) is 6.26. The lowest BCUT2D eigenvalue weighted by atomic mass is 9.90. The van der Waals surface area contributed by atoms with E-state index in [2.05, 4.69) is 30.4 Å². The molecule has 2 nitrogen and oxygen atoms in total. The molecule has 0 spiro atoms. The summed E-state index contributed by atoms with van der Waals surface area (Å²) in [4.78, 5) is 0. The Kier molecular flexibility index (Phi) is 4.19. The maximum Gasteiger partial charge on any atom is 0.0513 e. The fraction of sp³-hybridized carbons (Fsp3) is 0.647. The molecule has 0 amide bonds.